The fraction of sp³-hybridized carbons (Fsp3) is 0.0588. The van der Waals surface area contributed by atoms with E-state index in [0.717, 1.165) is 11.1 Å². The molecule has 0 unspecified atom stereocenters. The van der Waals surface area contributed by atoms with Crippen molar-refractivity contribution in [3.63, 3.8) is 0 Å². The molecular formula is C17H15N5O. The number of carbonyl (C=O) groups excluding carboxylic acids is 1. The van der Waals surface area contributed by atoms with E-state index >= 15 is 0 Å². The number of benzene rings is 1. The van der Waals surface area contributed by atoms with Crippen LogP contribution < -0.4 is 5.43 Å². The van der Waals surface area contributed by atoms with Crippen molar-refractivity contribution in [2.75, 3.05) is 0 Å². The summed E-state index contributed by atoms with van der Waals surface area (Å²) in [6.07, 6.45) is 8.51. The molecule has 3 aromatic rings. The molecule has 0 bridgehead atoms. The van der Waals surface area contributed by atoms with Crippen molar-refractivity contribution in [3.8, 4) is 0 Å². The standard InChI is InChI=1S/C17H15N5O/c23-17(21-19-12-15-5-2-7-18-11-15)16-6-1-4-14(10-16)13-22-9-3-8-20-22/h1-12H,13H2,(H,21,23)/b19-12-. The summed E-state index contributed by atoms with van der Waals surface area (Å²) in [4.78, 5) is 16.1. The number of amides is 1. The van der Waals surface area contributed by atoms with E-state index in [1.165, 1.54) is 0 Å². The van der Waals surface area contributed by atoms with Crippen molar-refractivity contribution in [2.45, 2.75) is 6.54 Å². The zero-order valence-electron chi connectivity index (χ0n) is 12.3. The van der Waals surface area contributed by atoms with Gasteiger partial charge in [0, 0.05) is 35.9 Å². The number of nitrogens with zero attached hydrogens (tertiary/aromatic N) is 4. The van der Waals surface area contributed by atoms with Gasteiger partial charge in [0.2, 0.25) is 0 Å². The first-order chi connectivity index (χ1) is 11.3. The monoisotopic (exact) mass is 305 g/mol. The summed E-state index contributed by atoms with van der Waals surface area (Å²) in [7, 11) is 0. The fourth-order valence-corrected chi connectivity index (χ4v) is 2.07. The van der Waals surface area contributed by atoms with E-state index in [0.29, 0.717) is 12.1 Å². The number of hydrazone groups is 1. The van der Waals surface area contributed by atoms with Crippen LogP contribution in [0.3, 0.4) is 0 Å². The summed E-state index contributed by atoms with van der Waals surface area (Å²) >= 11 is 0. The van der Waals surface area contributed by atoms with E-state index < -0.39 is 0 Å². The molecule has 0 saturated carbocycles. The lowest BCUT2D eigenvalue weighted by Crippen LogP contribution is -2.18. The normalized spacial score (nSPS) is 10.8. The number of aromatic nitrogens is 3. The zero-order chi connectivity index (χ0) is 15.9. The van der Waals surface area contributed by atoms with Gasteiger partial charge in [-0.3, -0.25) is 14.5 Å². The molecule has 1 amide bonds. The number of nitrogens with one attached hydrogen (secondary N) is 1. The summed E-state index contributed by atoms with van der Waals surface area (Å²) in [5.74, 6) is -0.257. The zero-order valence-corrected chi connectivity index (χ0v) is 12.3. The summed E-state index contributed by atoms with van der Waals surface area (Å²) in [6, 6.07) is 12.9. The van der Waals surface area contributed by atoms with Crippen molar-refractivity contribution in [1.29, 1.82) is 0 Å². The van der Waals surface area contributed by atoms with Crippen LogP contribution in [0.1, 0.15) is 21.5 Å². The smallest absolute Gasteiger partial charge is 0.268 e. The Kier molecular flexibility index (Phi) is 4.54. The van der Waals surface area contributed by atoms with E-state index in [-0.39, 0.29) is 5.91 Å². The minimum Gasteiger partial charge on any atom is -0.268 e. The molecule has 114 valence electrons. The highest BCUT2D eigenvalue weighted by Gasteiger charge is 2.05. The molecule has 0 atom stereocenters. The van der Waals surface area contributed by atoms with Crippen LogP contribution in [0.15, 0.2) is 72.4 Å². The van der Waals surface area contributed by atoms with Gasteiger partial charge in [-0.25, -0.2) is 5.43 Å². The highest BCUT2D eigenvalue weighted by molar-refractivity contribution is 5.95. The molecule has 2 aromatic heterocycles. The molecule has 2 heterocycles. The molecule has 6 nitrogen and oxygen atoms in total. The molecule has 0 spiro atoms. The van der Waals surface area contributed by atoms with E-state index in [1.54, 1.807) is 35.6 Å². The van der Waals surface area contributed by atoms with Crippen LogP contribution in [0.25, 0.3) is 0 Å². The predicted molar refractivity (Wildman–Crippen MR) is 87.1 cm³/mol. The molecule has 0 aliphatic carbocycles. The van der Waals surface area contributed by atoms with Gasteiger partial charge >= 0.3 is 0 Å². The number of hydrogen-bond donors (Lipinski definition) is 1. The first kappa shape index (κ1) is 14.6. The number of carbonyl (C=O) groups is 1. The Bertz CT molecular complexity index is 797. The van der Waals surface area contributed by atoms with E-state index in [9.17, 15) is 4.79 Å². The van der Waals surface area contributed by atoms with E-state index in [4.69, 9.17) is 0 Å². The Balaban J connectivity index is 1.64. The van der Waals surface area contributed by atoms with Crippen molar-refractivity contribution in [1.82, 2.24) is 20.2 Å². The fourth-order valence-electron chi connectivity index (χ4n) is 2.07. The Morgan fingerprint density at radius 3 is 2.96 bits per heavy atom. The largest absolute Gasteiger partial charge is 0.271 e. The lowest BCUT2D eigenvalue weighted by Gasteiger charge is -2.05. The molecule has 0 saturated heterocycles. The summed E-state index contributed by atoms with van der Waals surface area (Å²) < 4.78 is 1.80. The van der Waals surface area contributed by atoms with Crippen LogP contribution >= 0.6 is 0 Å². The third kappa shape index (κ3) is 4.10. The topological polar surface area (TPSA) is 72.2 Å². The highest BCUT2D eigenvalue weighted by atomic mass is 16.2. The summed E-state index contributed by atoms with van der Waals surface area (Å²) in [5, 5.41) is 8.10. The van der Waals surface area contributed by atoms with Crippen molar-refractivity contribution in [2.24, 2.45) is 5.10 Å². The minimum atomic E-state index is -0.257. The molecule has 3 rings (SSSR count). The highest BCUT2D eigenvalue weighted by Crippen LogP contribution is 2.07. The Labute approximate surface area is 133 Å². The SMILES string of the molecule is O=C(N/N=C\c1cccnc1)c1cccc(Cn2cccn2)c1. The van der Waals surface area contributed by atoms with Gasteiger partial charge in [0.25, 0.3) is 5.91 Å². The quantitative estimate of drug-likeness (QED) is 0.579. The van der Waals surface area contributed by atoms with E-state index in [2.05, 4.69) is 20.6 Å². The number of rotatable bonds is 5. The first-order valence-corrected chi connectivity index (χ1v) is 7.11. The predicted octanol–water partition coefficient (Wildman–Crippen LogP) is 2.09. The average Bonchev–Trinajstić information content (AvgIpc) is 3.09. The lowest BCUT2D eigenvalue weighted by atomic mass is 10.1. The van der Waals surface area contributed by atoms with Crippen LogP contribution in [-0.4, -0.2) is 26.9 Å². The van der Waals surface area contributed by atoms with Gasteiger partial charge in [0.05, 0.1) is 12.8 Å². The minimum absolute atomic E-state index is 0.257. The second-order valence-corrected chi connectivity index (χ2v) is 4.89. The maximum atomic E-state index is 12.1. The molecule has 6 heteroatoms. The summed E-state index contributed by atoms with van der Waals surface area (Å²) in [5.41, 5.74) is 4.88. The third-order valence-electron chi connectivity index (χ3n) is 3.16. The summed E-state index contributed by atoms with van der Waals surface area (Å²) in [6.45, 7) is 0.618. The first-order valence-electron chi connectivity index (χ1n) is 7.11. The van der Waals surface area contributed by atoms with Gasteiger partial charge < -0.3 is 0 Å². The molecular weight excluding hydrogens is 290 g/mol. The molecule has 1 aromatic carbocycles. The van der Waals surface area contributed by atoms with Crippen LogP contribution in [0.5, 0.6) is 0 Å². The van der Waals surface area contributed by atoms with Gasteiger partial charge in [0.1, 0.15) is 0 Å². The van der Waals surface area contributed by atoms with Gasteiger partial charge in [-0.1, -0.05) is 18.2 Å². The third-order valence-corrected chi connectivity index (χ3v) is 3.16. The molecule has 23 heavy (non-hydrogen) atoms. The van der Waals surface area contributed by atoms with Crippen LogP contribution in [0.4, 0.5) is 0 Å². The lowest BCUT2D eigenvalue weighted by molar-refractivity contribution is 0.0955. The van der Waals surface area contributed by atoms with Crippen molar-refractivity contribution >= 4 is 12.1 Å². The Morgan fingerprint density at radius 2 is 2.17 bits per heavy atom. The molecule has 0 radical (unpaired) electrons. The number of hydrogen-bond acceptors (Lipinski definition) is 4. The molecule has 1 N–H and O–H groups in total. The van der Waals surface area contributed by atoms with Crippen molar-refractivity contribution in [3.05, 3.63) is 83.9 Å². The second kappa shape index (κ2) is 7.13. The van der Waals surface area contributed by atoms with Crippen LogP contribution in [0.2, 0.25) is 0 Å². The van der Waals surface area contributed by atoms with Crippen LogP contribution in [-0.2, 0) is 6.54 Å². The average molecular weight is 305 g/mol. The number of pyridine rings is 1. The maximum Gasteiger partial charge on any atom is 0.271 e. The van der Waals surface area contributed by atoms with Gasteiger partial charge in [-0.2, -0.15) is 10.2 Å². The van der Waals surface area contributed by atoms with Gasteiger partial charge in [-0.15, -0.1) is 0 Å². The second-order valence-electron chi connectivity index (χ2n) is 4.89. The van der Waals surface area contributed by atoms with E-state index in [1.807, 2.05) is 42.6 Å². The Morgan fingerprint density at radius 1 is 1.22 bits per heavy atom. The molecule has 0 fully saturated rings. The molecule has 0 aliphatic rings. The molecule has 0 aliphatic heterocycles. The van der Waals surface area contributed by atoms with Crippen LogP contribution in [0, 0.1) is 0 Å². The Hall–Kier alpha value is -3.28. The maximum absolute atomic E-state index is 12.1. The van der Waals surface area contributed by atoms with Gasteiger partial charge in [0.15, 0.2) is 0 Å². The van der Waals surface area contributed by atoms with Gasteiger partial charge in [-0.05, 0) is 29.8 Å². The van der Waals surface area contributed by atoms with Crippen molar-refractivity contribution < 1.29 is 4.79 Å².